The second-order valence-electron chi connectivity index (χ2n) is 6.06. The molecule has 0 saturated carbocycles. The largest absolute Gasteiger partial charge is 0.480 e. The Morgan fingerprint density at radius 2 is 2.00 bits per heavy atom. The van der Waals surface area contributed by atoms with Crippen molar-refractivity contribution in [2.24, 2.45) is 5.92 Å². The van der Waals surface area contributed by atoms with Crippen LogP contribution in [0.5, 0.6) is 0 Å². The number of benzene rings is 1. The van der Waals surface area contributed by atoms with Gasteiger partial charge in [0.1, 0.15) is 6.54 Å². The van der Waals surface area contributed by atoms with Crippen molar-refractivity contribution in [2.75, 3.05) is 31.1 Å². The smallest absolute Gasteiger partial charge is 0.323 e. The molecule has 3 rings (SSSR count). The van der Waals surface area contributed by atoms with Crippen LogP contribution in [0, 0.1) is 12.8 Å². The second-order valence-corrected chi connectivity index (χ2v) is 6.06. The van der Waals surface area contributed by atoms with Crippen LogP contribution in [0.3, 0.4) is 0 Å². The highest BCUT2D eigenvalue weighted by molar-refractivity contribution is 5.74. The monoisotopic (exact) mass is 274 g/mol. The van der Waals surface area contributed by atoms with Crippen LogP contribution in [-0.4, -0.2) is 48.2 Å². The van der Waals surface area contributed by atoms with E-state index in [2.05, 4.69) is 41.0 Å². The molecule has 1 N–H and O–H groups in total. The van der Waals surface area contributed by atoms with Gasteiger partial charge in [0.15, 0.2) is 0 Å². The molecule has 4 nitrogen and oxygen atoms in total. The minimum Gasteiger partial charge on any atom is -0.480 e. The van der Waals surface area contributed by atoms with Crippen LogP contribution in [0.1, 0.15) is 18.4 Å². The molecule has 0 aliphatic carbocycles. The van der Waals surface area contributed by atoms with Crippen LogP contribution < -0.4 is 4.90 Å². The first kappa shape index (κ1) is 13.4. The highest BCUT2D eigenvalue weighted by atomic mass is 16.4. The number of carbonyl (C=O) groups is 1. The fourth-order valence-corrected chi connectivity index (χ4v) is 3.62. The topological polar surface area (TPSA) is 43.8 Å². The second kappa shape index (κ2) is 5.44. The summed E-state index contributed by atoms with van der Waals surface area (Å²) in [5, 5.41) is 9.25. The number of carboxylic acid groups (broad SMARTS) is 1. The van der Waals surface area contributed by atoms with Crippen LogP contribution in [0.2, 0.25) is 0 Å². The molecule has 4 heteroatoms. The van der Waals surface area contributed by atoms with Gasteiger partial charge in [0.2, 0.25) is 0 Å². The zero-order valence-corrected chi connectivity index (χ0v) is 12.0. The first-order valence-corrected chi connectivity index (χ1v) is 7.41. The summed E-state index contributed by atoms with van der Waals surface area (Å²) in [6, 6.07) is 8.61. The Morgan fingerprint density at radius 1 is 1.30 bits per heavy atom. The average molecular weight is 274 g/mol. The minimum atomic E-state index is -0.744. The Morgan fingerprint density at radius 3 is 2.70 bits per heavy atom. The number of carboxylic acids is 1. The summed E-state index contributed by atoms with van der Waals surface area (Å²) in [6.45, 7) is 5.57. The Kier molecular flexibility index (Phi) is 3.66. The summed E-state index contributed by atoms with van der Waals surface area (Å²) in [5.41, 5.74) is 2.25. The van der Waals surface area contributed by atoms with Gasteiger partial charge in [-0.1, -0.05) is 17.7 Å². The van der Waals surface area contributed by atoms with Crippen LogP contribution in [0.25, 0.3) is 0 Å². The SMILES string of the molecule is Cc1ccc(N(CC(=O)O)C2CCN3CCC2C3)cc1. The van der Waals surface area contributed by atoms with E-state index in [0.29, 0.717) is 12.0 Å². The van der Waals surface area contributed by atoms with Crippen molar-refractivity contribution in [2.45, 2.75) is 25.8 Å². The lowest BCUT2D eigenvalue weighted by molar-refractivity contribution is -0.135. The van der Waals surface area contributed by atoms with Crippen molar-refractivity contribution in [3.63, 3.8) is 0 Å². The molecule has 108 valence electrons. The van der Waals surface area contributed by atoms with Gasteiger partial charge in [0.05, 0.1) is 0 Å². The summed E-state index contributed by atoms with van der Waals surface area (Å²) in [5.74, 6) is -0.129. The zero-order valence-electron chi connectivity index (χ0n) is 12.0. The summed E-state index contributed by atoms with van der Waals surface area (Å²) in [7, 11) is 0. The zero-order chi connectivity index (χ0) is 14.1. The Bertz CT molecular complexity index is 486. The predicted molar refractivity (Wildman–Crippen MR) is 79.1 cm³/mol. The van der Waals surface area contributed by atoms with Gasteiger partial charge in [0.25, 0.3) is 0 Å². The molecular weight excluding hydrogens is 252 g/mol. The van der Waals surface area contributed by atoms with Gasteiger partial charge in [-0.3, -0.25) is 4.79 Å². The Labute approximate surface area is 120 Å². The lowest BCUT2D eigenvalue weighted by atomic mass is 9.92. The van der Waals surface area contributed by atoms with Crippen molar-refractivity contribution < 1.29 is 9.90 Å². The molecule has 3 atom stereocenters. The highest BCUT2D eigenvalue weighted by Crippen LogP contribution is 2.33. The Balaban J connectivity index is 1.85. The normalized spacial score (nSPS) is 28.4. The summed E-state index contributed by atoms with van der Waals surface area (Å²) < 4.78 is 0. The summed E-state index contributed by atoms with van der Waals surface area (Å²) >= 11 is 0. The maximum Gasteiger partial charge on any atom is 0.323 e. The molecule has 0 amide bonds. The number of piperidine rings is 1. The molecule has 2 aliphatic rings. The molecule has 0 radical (unpaired) electrons. The van der Waals surface area contributed by atoms with E-state index in [1.807, 2.05) is 0 Å². The maximum atomic E-state index is 11.2. The molecule has 2 heterocycles. The fourth-order valence-electron chi connectivity index (χ4n) is 3.62. The van der Waals surface area contributed by atoms with Crippen molar-refractivity contribution in [1.29, 1.82) is 0 Å². The summed E-state index contributed by atoms with van der Waals surface area (Å²) in [4.78, 5) is 15.8. The quantitative estimate of drug-likeness (QED) is 0.912. The van der Waals surface area contributed by atoms with Gasteiger partial charge in [-0.15, -0.1) is 0 Å². The van der Waals surface area contributed by atoms with Crippen molar-refractivity contribution in [1.82, 2.24) is 4.90 Å². The van der Waals surface area contributed by atoms with E-state index in [-0.39, 0.29) is 6.54 Å². The average Bonchev–Trinajstić information content (AvgIpc) is 2.80. The van der Waals surface area contributed by atoms with Crippen LogP contribution in [0.15, 0.2) is 24.3 Å². The molecule has 0 spiro atoms. The third-order valence-corrected chi connectivity index (χ3v) is 4.67. The summed E-state index contributed by atoms with van der Waals surface area (Å²) in [6.07, 6.45) is 2.28. The van der Waals surface area contributed by atoms with Crippen molar-refractivity contribution >= 4 is 11.7 Å². The number of hydrogen-bond acceptors (Lipinski definition) is 3. The van der Waals surface area contributed by atoms with Crippen LogP contribution in [-0.2, 0) is 4.79 Å². The number of nitrogens with zero attached hydrogens (tertiary/aromatic N) is 2. The van der Waals surface area contributed by atoms with Gasteiger partial charge >= 0.3 is 5.97 Å². The molecule has 2 saturated heterocycles. The molecule has 3 unspecified atom stereocenters. The highest BCUT2D eigenvalue weighted by Gasteiger charge is 2.38. The third kappa shape index (κ3) is 2.66. The third-order valence-electron chi connectivity index (χ3n) is 4.67. The van der Waals surface area contributed by atoms with E-state index >= 15 is 0 Å². The molecule has 1 aromatic rings. The number of anilines is 1. The van der Waals surface area contributed by atoms with Gasteiger partial charge in [-0.2, -0.15) is 0 Å². The standard InChI is InChI=1S/C16H22N2O2/c1-12-2-4-14(5-3-12)18(11-16(19)20)15-7-9-17-8-6-13(15)10-17/h2-5,13,15H,6-11H2,1H3,(H,19,20). The number of rotatable bonds is 4. The number of hydrogen-bond donors (Lipinski definition) is 1. The van der Waals surface area contributed by atoms with Gasteiger partial charge < -0.3 is 14.9 Å². The van der Waals surface area contributed by atoms with Gasteiger partial charge in [0, 0.05) is 24.8 Å². The van der Waals surface area contributed by atoms with E-state index in [1.165, 1.54) is 18.5 Å². The van der Waals surface area contributed by atoms with E-state index in [4.69, 9.17) is 0 Å². The molecule has 2 bridgehead atoms. The van der Waals surface area contributed by atoms with E-state index in [0.717, 1.165) is 25.2 Å². The molecule has 20 heavy (non-hydrogen) atoms. The minimum absolute atomic E-state index is 0.101. The fraction of sp³-hybridized carbons (Fsp3) is 0.562. The first-order chi connectivity index (χ1) is 9.63. The molecule has 2 aliphatic heterocycles. The van der Waals surface area contributed by atoms with Crippen LogP contribution in [0.4, 0.5) is 5.69 Å². The van der Waals surface area contributed by atoms with Crippen molar-refractivity contribution in [3.8, 4) is 0 Å². The lowest BCUT2D eigenvalue weighted by Crippen LogP contribution is -2.48. The molecular formula is C16H22N2O2. The lowest BCUT2D eigenvalue weighted by Gasteiger charge is -2.39. The van der Waals surface area contributed by atoms with E-state index in [1.54, 1.807) is 0 Å². The van der Waals surface area contributed by atoms with E-state index in [9.17, 15) is 9.90 Å². The van der Waals surface area contributed by atoms with Gasteiger partial charge in [-0.05, 0) is 44.4 Å². The molecule has 1 aromatic carbocycles. The molecule has 0 aromatic heterocycles. The number of aliphatic carboxylic acids is 1. The van der Waals surface area contributed by atoms with Crippen molar-refractivity contribution in [3.05, 3.63) is 29.8 Å². The van der Waals surface area contributed by atoms with E-state index < -0.39 is 5.97 Å². The number of fused-ring (bicyclic) bond motifs is 2. The van der Waals surface area contributed by atoms with Crippen LogP contribution >= 0.6 is 0 Å². The number of aryl methyl sites for hydroxylation is 1. The first-order valence-electron chi connectivity index (χ1n) is 7.41. The predicted octanol–water partition coefficient (Wildman–Crippen LogP) is 1.98. The van der Waals surface area contributed by atoms with Gasteiger partial charge in [-0.25, -0.2) is 0 Å². The Hall–Kier alpha value is -1.55. The molecule has 2 fully saturated rings. The maximum absolute atomic E-state index is 11.2.